The second kappa shape index (κ2) is 6.33. The van der Waals surface area contributed by atoms with Crippen LogP contribution in [0.2, 0.25) is 10.0 Å². The number of aliphatic hydroxyl groups is 1. The van der Waals surface area contributed by atoms with Crippen LogP contribution in [0.1, 0.15) is 24.9 Å². The summed E-state index contributed by atoms with van der Waals surface area (Å²) in [6.07, 6.45) is 0.739. The molecule has 0 amide bonds. The first-order valence-corrected chi connectivity index (χ1v) is 5.70. The molecular weight excluding hydrogens is 233 g/mol. The highest BCUT2D eigenvalue weighted by atomic mass is 35.5. The van der Waals surface area contributed by atoms with Gasteiger partial charge in [0.15, 0.2) is 0 Å². The Morgan fingerprint density at radius 3 is 2.80 bits per heavy atom. The molecule has 1 aromatic carbocycles. The minimum Gasteiger partial charge on any atom is -0.396 e. The first-order valence-electron chi connectivity index (χ1n) is 4.94. The predicted octanol–water partition coefficient (Wildman–Crippen LogP) is 3.03. The molecule has 0 radical (unpaired) electrons. The summed E-state index contributed by atoms with van der Waals surface area (Å²) in [4.78, 5) is 0. The summed E-state index contributed by atoms with van der Waals surface area (Å²) in [5.41, 5.74) is 0.988. The van der Waals surface area contributed by atoms with E-state index in [1.165, 1.54) is 0 Å². The molecule has 0 saturated carbocycles. The van der Waals surface area contributed by atoms with E-state index in [0.29, 0.717) is 10.0 Å². The fraction of sp³-hybridized carbons (Fsp3) is 0.455. The van der Waals surface area contributed by atoms with E-state index < -0.39 is 0 Å². The van der Waals surface area contributed by atoms with Crippen LogP contribution >= 0.6 is 23.2 Å². The first kappa shape index (κ1) is 12.8. The molecule has 2 N–H and O–H groups in total. The second-order valence-electron chi connectivity index (χ2n) is 3.42. The van der Waals surface area contributed by atoms with Crippen LogP contribution in [0.3, 0.4) is 0 Å². The minimum absolute atomic E-state index is 0.141. The predicted molar refractivity (Wildman–Crippen MR) is 64.6 cm³/mol. The quantitative estimate of drug-likeness (QED) is 0.785. The Morgan fingerprint density at radius 2 is 2.13 bits per heavy atom. The highest BCUT2D eigenvalue weighted by molar-refractivity contribution is 6.33. The molecule has 15 heavy (non-hydrogen) atoms. The summed E-state index contributed by atoms with van der Waals surface area (Å²) in [6, 6.07) is 5.57. The zero-order chi connectivity index (χ0) is 11.3. The monoisotopic (exact) mass is 247 g/mol. The lowest BCUT2D eigenvalue weighted by atomic mass is 10.1. The van der Waals surface area contributed by atoms with Gasteiger partial charge >= 0.3 is 0 Å². The van der Waals surface area contributed by atoms with Crippen LogP contribution in [0.4, 0.5) is 0 Å². The van der Waals surface area contributed by atoms with Crippen LogP contribution in [0.25, 0.3) is 0 Å². The van der Waals surface area contributed by atoms with E-state index in [0.717, 1.165) is 18.5 Å². The van der Waals surface area contributed by atoms with Crippen molar-refractivity contribution in [1.29, 1.82) is 0 Å². The maximum atomic E-state index is 8.66. The first-order chi connectivity index (χ1) is 7.15. The molecule has 0 aliphatic rings. The topological polar surface area (TPSA) is 32.3 Å². The molecule has 1 rings (SSSR count). The van der Waals surface area contributed by atoms with Gasteiger partial charge in [0.05, 0.1) is 0 Å². The van der Waals surface area contributed by atoms with Gasteiger partial charge in [-0.25, -0.2) is 0 Å². The van der Waals surface area contributed by atoms with Crippen LogP contribution in [-0.4, -0.2) is 18.3 Å². The average molecular weight is 248 g/mol. The third-order valence-electron chi connectivity index (χ3n) is 2.21. The van der Waals surface area contributed by atoms with Gasteiger partial charge in [0.2, 0.25) is 0 Å². The highest BCUT2D eigenvalue weighted by Crippen LogP contribution is 2.25. The minimum atomic E-state index is 0.141. The van der Waals surface area contributed by atoms with Crippen LogP contribution in [0.15, 0.2) is 18.2 Å². The van der Waals surface area contributed by atoms with Gasteiger partial charge in [-0.2, -0.15) is 0 Å². The number of hydrogen-bond donors (Lipinski definition) is 2. The molecule has 0 aliphatic heterocycles. The lowest BCUT2D eigenvalue weighted by Gasteiger charge is -2.15. The number of hydrogen-bond acceptors (Lipinski definition) is 2. The Morgan fingerprint density at radius 1 is 1.40 bits per heavy atom. The largest absolute Gasteiger partial charge is 0.396 e. The van der Waals surface area contributed by atoms with Gasteiger partial charge in [-0.3, -0.25) is 0 Å². The Bertz CT molecular complexity index is 317. The van der Waals surface area contributed by atoms with Gasteiger partial charge in [0.1, 0.15) is 0 Å². The van der Waals surface area contributed by atoms with Gasteiger partial charge in [0.25, 0.3) is 0 Å². The summed E-state index contributed by atoms with van der Waals surface area (Å²) in [7, 11) is 0. The molecule has 0 heterocycles. The summed E-state index contributed by atoms with van der Waals surface area (Å²) in [6.45, 7) is 2.98. The Hall–Kier alpha value is -0.280. The third kappa shape index (κ3) is 3.99. The van der Waals surface area contributed by atoms with Crippen LogP contribution in [0.5, 0.6) is 0 Å². The van der Waals surface area contributed by atoms with Gasteiger partial charge in [-0.15, -0.1) is 0 Å². The van der Waals surface area contributed by atoms with Crippen LogP contribution in [0, 0.1) is 0 Å². The fourth-order valence-corrected chi connectivity index (χ4v) is 1.82. The number of benzene rings is 1. The van der Waals surface area contributed by atoms with E-state index in [4.69, 9.17) is 28.3 Å². The number of rotatable bonds is 5. The van der Waals surface area contributed by atoms with Gasteiger partial charge < -0.3 is 10.4 Å². The van der Waals surface area contributed by atoms with Crippen molar-refractivity contribution in [1.82, 2.24) is 5.32 Å². The molecule has 84 valence electrons. The molecule has 0 saturated heterocycles. The van der Waals surface area contributed by atoms with Crippen LogP contribution < -0.4 is 5.32 Å². The molecule has 1 unspecified atom stereocenters. The number of halogens is 2. The summed E-state index contributed by atoms with van der Waals surface area (Å²) >= 11 is 12.0. The Balaban J connectivity index is 2.64. The van der Waals surface area contributed by atoms with Gasteiger partial charge in [-0.1, -0.05) is 23.2 Å². The molecule has 1 aromatic rings. The third-order valence-corrected chi connectivity index (χ3v) is 2.79. The molecule has 0 aliphatic carbocycles. The van der Waals surface area contributed by atoms with Crippen molar-refractivity contribution in [2.45, 2.75) is 19.4 Å². The van der Waals surface area contributed by atoms with Crippen molar-refractivity contribution in [2.75, 3.05) is 13.2 Å². The van der Waals surface area contributed by atoms with Crippen molar-refractivity contribution in [3.63, 3.8) is 0 Å². The zero-order valence-corrected chi connectivity index (χ0v) is 10.1. The summed E-state index contributed by atoms with van der Waals surface area (Å²) in [5, 5.41) is 13.3. The second-order valence-corrected chi connectivity index (χ2v) is 4.26. The normalized spacial score (nSPS) is 12.8. The Labute approximate surface area is 100 Å². The Kier molecular flexibility index (Phi) is 5.40. The summed E-state index contributed by atoms with van der Waals surface area (Å²) in [5.74, 6) is 0. The number of aliphatic hydroxyl groups excluding tert-OH is 1. The molecule has 0 fully saturated rings. The fourth-order valence-electron chi connectivity index (χ4n) is 1.35. The lowest BCUT2D eigenvalue weighted by molar-refractivity contribution is 0.284. The molecule has 1 atom stereocenters. The van der Waals surface area contributed by atoms with Crippen molar-refractivity contribution in [3.8, 4) is 0 Å². The number of nitrogens with one attached hydrogen (secondary N) is 1. The molecular formula is C11H15Cl2NO. The van der Waals surface area contributed by atoms with Crippen molar-refractivity contribution in [3.05, 3.63) is 33.8 Å². The van der Waals surface area contributed by atoms with Crippen molar-refractivity contribution in [2.24, 2.45) is 0 Å². The highest BCUT2D eigenvalue weighted by Gasteiger charge is 2.09. The van der Waals surface area contributed by atoms with Crippen molar-refractivity contribution < 1.29 is 5.11 Å². The zero-order valence-electron chi connectivity index (χ0n) is 8.63. The molecule has 2 nitrogen and oxygen atoms in total. The molecule has 4 heteroatoms. The molecule has 0 spiro atoms. The van der Waals surface area contributed by atoms with Crippen LogP contribution in [-0.2, 0) is 0 Å². The van der Waals surface area contributed by atoms with E-state index in [9.17, 15) is 0 Å². The standard InChI is InChI=1S/C11H15Cl2NO/c1-8(14-5-2-6-15)10-7-9(12)3-4-11(10)13/h3-4,7-8,14-15H,2,5-6H2,1H3. The molecule has 0 bridgehead atoms. The van der Waals surface area contributed by atoms with E-state index in [1.54, 1.807) is 12.1 Å². The van der Waals surface area contributed by atoms with E-state index >= 15 is 0 Å². The smallest absolute Gasteiger partial charge is 0.0454 e. The SMILES string of the molecule is CC(NCCCO)c1cc(Cl)ccc1Cl. The summed E-state index contributed by atoms with van der Waals surface area (Å²) < 4.78 is 0. The van der Waals surface area contributed by atoms with Crippen molar-refractivity contribution >= 4 is 23.2 Å². The van der Waals surface area contributed by atoms with E-state index in [-0.39, 0.29) is 12.6 Å². The average Bonchev–Trinajstić information content (AvgIpc) is 2.22. The van der Waals surface area contributed by atoms with Gasteiger partial charge in [-0.05, 0) is 43.7 Å². The lowest BCUT2D eigenvalue weighted by Crippen LogP contribution is -2.20. The maximum Gasteiger partial charge on any atom is 0.0454 e. The van der Waals surface area contributed by atoms with E-state index in [1.807, 2.05) is 13.0 Å². The molecule has 0 aromatic heterocycles. The van der Waals surface area contributed by atoms with E-state index in [2.05, 4.69) is 5.32 Å². The maximum absolute atomic E-state index is 8.66. The van der Waals surface area contributed by atoms with Gasteiger partial charge in [0, 0.05) is 22.7 Å².